The van der Waals surface area contributed by atoms with E-state index in [9.17, 15) is 4.79 Å². The van der Waals surface area contributed by atoms with Crippen molar-refractivity contribution in [1.29, 1.82) is 0 Å². The number of benzene rings is 3. The quantitative estimate of drug-likeness (QED) is 0.333. The Hall–Kier alpha value is -2.84. The van der Waals surface area contributed by atoms with E-state index >= 15 is 0 Å². The number of esters is 1. The second-order valence-electron chi connectivity index (χ2n) is 5.79. The van der Waals surface area contributed by atoms with Gasteiger partial charge in [0.15, 0.2) is 0 Å². The van der Waals surface area contributed by atoms with Gasteiger partial charge in [0, 0.05) is 5.57 Å². The van der Waals surface area contributed by atoms with Gasteiger partial charge in [-0.2, -0.15) is 0 Å². The van der Waals surface area contributed by atoms with Crippen molar-refractivity contribution in [1.82, 2.24) is 0 Å². The zero-order chi connectivity index (χ0) is 18.4. The predicted octanol–water partition coefficient (Wildman–Crippen LogP) is 5.64. The maximum Gasteiger partial charge on any atom is 0.336 e. The van der Waals surface area contributed by atoms with E-state index in [1.54, 1.807) is 0 Å². The molecular weight excluding hydrogens is 344 g/mol. The minimum absolute atomic E-state index is 0.428. The Balaban J connectivity index is 2.29. The van der Waals surface area contributed by atoms with E-state index in [0.717, 1.165) is 22.3 Å². The molecule has 0 aliphatic carbocycles. The standard InChI is InChI=1S/C23H19ClO2/c1-26-23(25)21(22(24)19-15-9-4-10-16-19)20(17-11-5-2-6-12-17)18-13-7-3-8-14-18/h2-16,22H,1H3. The largest absolute Gasteiger partial charge is 0.466 e. The maximum absolute atomic E-state index is 12.8. The number of carbonyl (C=O) groups is 1. The molecule has 3 rings (SSSR count). The van der Waals surface area contributed by atoms with E-state index < -0.39 is 11.3 Å². The van der Waals surface area contributed by atoms with Crippen LogP contribution in [-0.2, 0) is 9.53 Å². The summed E-state index contributed by atoms with van der Waals surface area (Å²) in [6.07, 6.45) is 0. The predicted molar refractivity (Wildman–Crippen MR) is 106 cm³/mol. The Morgan fingerprint density at radius 2 is 1.19 bits per heavy atom. The molecule has 1 atom stereocenters. The summed E-state index contributed by atoms with van der Waals surface area (Å²) in [5.74, 6) is -0.434. The summed E-state index contributed by atoms with van der Waals surface area (Å²) in [5, 5.41) is -0.626. The van der Waals surface area contributed by atoms with Crippen LogP contribution in [0.15, 0.2) is 96.6 Å². The molecule has 3 aromatic rings. The van der Waals surface area contributed by atoms with Crippen LogP contribution >= 0.6 is 11.6 Å². The summed E-state index contributed by atoms with van der Waals surface area (Å²) in [5.41, 5.74) is 3.89. The second kappa shape index (κ2) is 8.50. The first-order valence-corrected chi connectivity index (χ1v) is 8.78. The van der Waals surface area contributed by atoms with Gasteiger partial charge in [0.1, 0.15) is 0 Å². The van der Waals surface area contributed by atoms with Crippen LogP contribution in [0.1, 0.15) is 22.1 Å². The van der Waals surface area contributed by atoms with Crippen LogP contribution in [0.5, 0.6) is 0 Å². The lowest BCUT2D eigenvalue weighted by atomic mass is 9.89. The van der Waals surface area contributed by atoms with E-state index in [4.69, 9.17) is 16.3 Å². The Bertz CT molecular complexity index is 846. The highest BCUT2D eigenvalue weighted by atomic mass is 35.5. The van der Waals surface area contributed by atoms with E-state index in [0.29, 0.717) is 5.57 Å². The van der Waals surface area contributed by atoms with E-state index in [2.05, 4.69) is 0 Å². The van der Waals surface area contributed by atoms with Crippen molar-refractivity contribution in [3.63, 3.8) is 0 Å². The van der Waals surface area contributed by atoms with Crippen LogP contribution in [0.3, 0.4) is 0 Å². The van der Waals surface area contributed by atoms with Gasteiger partial charge in [0.05, 0.1) is 18.1 Å². The third kappa shape index (κ3) is 3.87. The van der Waals surface area contributed by atoms with Crippen molar-refractivity contribution in [2.45, 2.75) is 5.38 Å². The molecule has 0 aliphatic heterocycles. The van der Waals surface area contributed by atoms with Crippen LogP contribution < -0.4 is 0 Å². The molecule has 0 aromatic heterocycles. The van der Waals surface area contributed by atoms with Crippen LogP contribution in [0.4, 0.5) is 0 Å². The average molecular weight is 363 g/mol. The Labute approximate surface area is 158 Å². The average Bonchev–Trinajstić information content (AvgIpc) is 2.73. The molecule has 0 bridgehead atoms. The number of carbonyl (C=O) groups excluding carboxylic acids is 1. The highest BCUT2D eigenvalue weighted by Gasteiger charge is 2.27. The lowest BCUT2D eigenvalue weighted by Gasteiger charge is -2.19. The van der Waals surface area contributed by atoms with Crippen molar-refractivity contribution >= 4 is 23.1 Å². The molecule has 130 valence electrons. The van der Waals surface area contributed by atoms with E-state index in [-0.39, 0.29) is 0 Å². The number of alkyl halides is 1. The number of rotatable bonds is 5. The van der Waals surface area contributed by atoms with E-state index in [1.807, 2.05) is 91.0 Å². The monoisotopic (exact) mass is 362 g/mol. The van der Waals surface area contributed by atoms with Gasteiger partial charge < -0.3 is 4.74 Å². The van der Waals surface area contributed by atoms with Crippen molar-refractivity contribution in [2.75, 3.05) is 7.11 Å². The lowest BCUT2D eigenvalue weighted by Crippen LogP contribution is -2.13. The second-order valence-corrected chi connectivity index (χ2v) is 6.22. The summed E-state index contributed by atoms with van der Waals surface area (Å²) < 4.78 is 5.10. The first-order chi connectivity index (χ1) is 12.7. The van der Waals surface area contributed by atoms with E-state index in [1.165, 1.54) is 7.11 Å². The molecule has 0 N–H and O–H groups in total. The molecule has 0 saturated heterocycles. The molecule has 0 fully saturated rings. The topological polar surface area (TPSA) is 26.3 Å². The highest BCUT2D eigenvalue weighted by molar-refractivity contribution is 6.27. The molecule has 26 heavy (non-hydrogen) atoms. The molecule has 0 radical (unpaired) electrons. The summed E-state index contributed by atoms with van der Waals surface area (Å²) in [4.78, 5) is 12.8. The van der Waals surface area contributed by atoms with Crippen LogP contribution in [0.25, 0.3) is 5.57 Å². The van der Waals surface area contributed by atoms with Gasteiger partial charge in [-0.15, -0.1) is 11.6 Å². The van der Waals surface area contributed by atoms with Gasteiger partial charge in [0.2, 0.25) is 0 Å². The molecule has 1 unspecified atom stereocenters. The van der Waals surface area contributed by atoms with Crippen molar-refractivity contribution in [2.24, 2.45) is 0 Å². The van der Waals surface area contributed by atoms with Crippen LogP contribution in [-0.4, -0.2) is 13.1 Å². The minimum Gasteiger partial charge on any atom is -0.466 e. The fraction of sp³-hybridized carbons (Fsp3) is 0.0870. The third-order valence-electron chi connectivity index (χ3n) is 4.15. The first-order valence-electron chi connectivity index (χ1n) is 8.34. The van der Waals surface area contributed by atoms with Crippen molar-refractivity contribution < 1.29 is 9.53 Å². The van der Waals surface area contributed by atoms with Crippen molar-refractivity contribution in [3.05, 3.63) is 113 Å². The van der Waals surface area contributed by atoms with Gasteiger partial charge in [-0.25, -0.2) is 4.79 Å². The third-order valence-corrected chi connectivity index (χ3v) is 4.62. The number of halogens is 1. The molecule has 3 aromatic carbocycles. The Morgan fingerprint density at radius 3 is 1.62 bits per heavy atom. The Kier molecular flexibility index (Phi) is 5.88. The number of hydrogen-bond acceptors (Lipinski definition) is 2. The van der Waals surface area contributed by atoms with Crippen LogP contribution in [0.2, 0.25) is 0 Å². The molecule has 0 saturated carbocycles. The molecule has 0 heterocycles. The van der Waals surface area contributed by atoms with Gasteiger partial charge in [-0.3, -0.25) is 0 Å². The smallest absolute Gasteiger partial charge is 0.336 e. The summed E-state index contributed by atoms with van der Waals surface area (Å²) in [7, 11) is 1.38. The number of methoxy groups -OCH3 is 1. The van der Waals surface area contributed by atoms with Crippen molar-refractivity contribution in [3.8, 4) is 0 Å². The SMILES string of the molecule is COC(=O)C(=C(c1ccccc1)c1ccccc1)C(Cl)c1ccccc1. The zero-order valence-electron chi connectivity index (χ0n) is 14.4. The molecule has 0 aliphatic rings. The van der Waals surface area contributed by atoms with Gasteiger partial charge in [-0.1, -0.05) is 91.0 Å². The summed E-state index contributed by atoms with van der Waals surface area (Å²) >= 11 is 6.78. The molecule has 2 nitrogen and oxygen atoms in total. The van der Waals surface area contributed by atoms with Crippen LogP contribution in [0, 0.1) is 0 Å². The molecule has 3 heteroatoms. The maximum atomic E-state index is 12.8. The van der Waals surface area contributed by atoms with Gasteiger partial charge in [-0.05, 0) is 16.7 Å². The number of hydrogen-bond donors (Lipinski definition) is 0. The normalized spacial score (nSPS) is 11.5. The fourth-order valence-electron chi connectivity index (χ4n) is 2.92. The fourth-order valence-corrected chi connectivity index (χ4v) is 3.26. The zero-order valence-corrected chi connectivity index (χ0v) is 15.2. The highest BCUT2D eigenvalue weighted by Crippen LogP contribution is 2.38. The lowest BCUT2D eigenvalue weighted by molar-refractivity contribution is -0.136. The number of ether oxygens (including phenoxy) is 1. The summed E-state index contributed by atoms with van der Waals surface area (Å²) in [6.45, 7) is 0. The summed E-state index contributed by atoms with van der Waals surface area (Å²) in [6, 6.07) is 29.1. The molecular formula is C23H19ClO2. The molecule has 0 spiro atoms. The Morgan fingerprint density at radius 1 is 0.769 bits per heavy atom. The first kappa shape index (κ1) is 18.0. The van der Waals surface area contributed by atoms with Gasteiger partial charge in [0.25, 0.3) is 0 Å². The van der Waals surface area contributed by atoms with Gasteiger partial charge >= 0.3 is 5.97 Å². The molecule has 0 amide bonds. The minimum atomic E-state index is -0.626.